The van der Waals surface area contributed by atoms with Crippen molar-refractivity contribution in [1.29, 1.82) is 5.41 Å². The smallest absolute Gasteiger partial charge is 0.276 e. The van der Waals surface area contributed by atoms with Crippen molar-refractivity contribution < 1.29 is 8.42 Å². The molecule has 8 heteroatoms. The predicted octanol–water partition coefficient (Wildman–Crippen LogP) is 2.98. The lowest BCUT2D eigenvalue weighted by atomic mass is 9.94. The van der Waals surface area contributed by atoms with Crippen LogP contribution in [-0.4, -0.2) is 42.7 Å². The van der Waals surface area contributed by atoms with Crippen LogP contribution in [0.15, 0.2) is 16.3 Å². The second-order valence-corrected chi connectivity index (χ2v) is 9.25. The van der Waals surface area contributed by atoms with Crippen LogP contribution in [0, 0.1) is 5.41 Å². The fourth-order valence-electron chi connectivity index (χ4n) is 3.08. The maximum absolute atomic E-state index is 12.6. The maximum Gasteiger partial charge on any atom is 0.276 e. The third kappa shape index (κ3) is 2.78. The lowest BCUT2D eigenvalue weighted by molar-refractivity contribution is 0.260. The Bertz CT molecular complexity index is 638. The third-order valence-electron chi connectivity index (χ3n) is 4.16. The van der Waals surface area contributed by atoms with Gasteiger partial charge in [0.25, 0.3) is 10.0 Å². The Balaban J connectivity index is 1.79. The number of nitrogens with one attached hydrogen (secondary N) is 1. The van der Waals surface area contributed by atoms with E-state index in [1.807, 2.05) is 4.90 Å². The summed E-state index contributed by atoms with van der Waals surface area (Å²) in [6, 6.07) is 3.41. The summed E-state index contributed by atoms with van der Waals surface area (Å²) < 4.78 is 27.1. The Morgan fingerprint density at radius 3 is 2.52 bits per heavy atom. The molecule has 1 aromatic rings. The quantitative estimate of drug-likeness (QED) is 0.914. The van der Waals surface area contributed by atoms with Crippen LogP contribution in [0.2, 0.25) is 4.34 Å². The van der Waals surface area contributed by atoms with Crippen molar-refractivity contribution in [3.63, 3.8) is 0 Å². The van der Waals surface area contributed by atoms with Crippen molar-refractivity contribution in [2.75, 3.05) is 13.1 Å². The largest absolute Gasteiger partial charge is 0.337 e. The van der Waals surface area contributed by atoms with Crippen LogP contribution in [0.4, 0.5) is 0 Å². The Hall–Kier alpha value is -0.790. The van der Waals surface area contributed by atoms with Gasteiger partial charge >= 0.3 is 0 Å². The first kappa shape index (κ1) is 15.1. The van der Waals surface area contributed by atoms with Gasteiger partial charge in [-0.3, -0.25) is 5.41 Å². The maximum atomic E-state index is 12.6. The lowest BCUT2D eigenvalue weighted by Crippen LogP contribution is -2.42. The van der Waals surface area contributed by atoms with Gasteiger partial charge in [0.2, 0.25) is 5.96 Å². The summed E-state index contributed by atoms with van der Waals surface area (Å²) in [6.45, 7) is 0.967. The molecule has 3 rings (SSSR count). The van der Waals surface area contributed by atoms with Crippen LogP contribution in [0.3, 0.4) is 0 Å². The minimum Gasteiger partial charge on any atom is -0.337 e. The van der Waals surface area contributed by atoms with Crippen LogP contribution in [-0.2, 0) is 10.0 Å². The highest BCUT2D eigenvalue weighted by Crippen LogP contribution is 2.31. The van der Waals surface area contributed by atoms with Gasteiger partial charge in [-0.05, 0) is 25.0 Å². The van der Waals surface area contributed by atoms with E-state index >= 15 is 0 Å². The fraction of sp³-hybridized carbons (Fsp3) is 0.615. The van der Waals surface area contributed by atoms with E-state index in [2.05, 4.69) is 0 Å². The normalized spacial score (nSPS) is 21.3. The molecule has 116 valence electrons. The van der Waals surface area contributed by atoms with E-state index in [4.69, 9.17) is 17.0 Å². The molecule has 2 aliphatic rings. The molecule has 1 N–H and O–H groups in total. The summed E-state index contributed by atoms with van der Waals surface area (Å²) in [5.41, 5.74) is 0. The molecule has 2 heterocycles. The van der Waals surface area contributed by atoms with Crippen molar-refractivity contribution in [3.05, 3.63) is 16.5 Å². The highest BCUT2D eigenvalue weighted by Gasteiger charge is 2.38. The second kappa shape index (κ2) is 5.78. The van der Waals surface area contributed by atoms with Crippen molar-refractivity contribution in [3.8, 4) is 0 Å². The molecule has 0 aromatic carbocycles. The zero-order valence-electron chi connectivity index (χ0n) is 11.6. The zero-order chi connectivity index (χ0) is 15.0. The molecule has 0 bridgehead atoms. The number of rotatable bonds is 3. The summed E-state index contributed by atoms with van der Waals surface area (Å²) >= 11 is 6.87. The molecule has 1 aliphatic heterocycles. The van der Waals surface area contributed by atoms with Crippen molar-refractivity contribution in [2.45, 2.75) is 42.4 Å². The molecule has 0 spiro atoms. The monoisotopic (exact) mass is 347 g/mol. The van der Waals surface area contributed by atoms with E-state index in [-0.39, 0.29) is 10.2 Å². The van der Waals surface area contributed by atoms with Gasteiger partial charge in [0.05, 0.1) is 10.9 Å². The van der Waals surface area contributed by atoms with E-state index in [1.165, 1.54) is 29.6 Å². The average Bonchev–Trinajstić information content (AvgIpc) is 3.06. The summed E-state index contributed by atoms with van der Waals surface area (Å²) in [7, 11) is -3.64. The molecule has 2 fully saturated rings. The molecule has 1 aromatic heterocycles. The van der Waals surface area contributed by atoms with Gasteiger partial charge in [0, 0.05) is 12.6 Å². The van der Waals surface area contributed by atoms with Gasteiger partial charge in [-0.25, -0.2) is 12.7 Å². The van der Waals surface area contributed by atoms with Crippen molar-refractivity contribution in [2.24, 2.45) is 0 Å². The number of hydrogen-bond donors (Lipinski definition) is 1. The molecule has 1 aliphatic carbocycles. The molecule has 0 unspecified atom stereocenters. The summed E-state index contributed by atoms with van der Waals surface area (Å²) in [4.78, 5) is 1.95. The molecule has 0 radical (unpaired) electrons. The molecular weight excluding hydrogens is 330 g/mol. The second-order valence-electron chi connectivity index (χ2n) is 5.44. The highest BCUT2D eigenvalue weighted by atomic mass is 35.5. The molecule has 1 saturated heterocycles. The topological polar surface area (TPSA) is 64.5 Å². The summed E-state index contributed by atoms with van der Waals surface area (Å²) in [5.74, 6) is 0.117. The van der Waals surface area contributed by atoms with E-state index in [0.29, 0.717) is 23.5 Å². The first-order valence-corrected chi connectivity index (χ1v) is 9.77. The first-order chi connectivity index (χ1) is 10.00. The zero-order valence-corrected chi connectivity index (χ0v) is 14.0. The SMILES string of the molecule is N=C1N(C2CCCCC2)CCN1S(=O)(=O)c1ccc(Cl)s1. The molecule has 1 saturated carbocycles. The van der Waals surface area contributed by atoms with E-state index in [1.54, 1.807) is 6.07 Å². The van der Waals surface area contributed by atoms with Crippen molar-refractivity contribution in [1.82, 2.24) is 9.21 Å². The predicted molar refractivity (Wildman–Crippen MR) is 84.5 cm³/mol. The van der Waals surface area contributed by atoms with E-state index in [9.17, 15) is 8.42 Å². The summed E-state index contributed by atoms with van der Waals surface area (Å²) in [6.07, 6.45) is 5.69. The standard InChI is InChI=1S/C13H18ClN3O2S2/c14-11-6-7-12(20-11)21(18,19)17-9-8-16(13(17)15)10-4-2-1-3-5-10/h6-7,10,15H,1-5,8-9H2. The molecule has 0 atom stereocenters. The molecule has 5 nitrogen and oxygen atoms in total. The minimum absolute atomic E-state index is 0.117. The van der Waals surface area contributed by atoms with Gasteiger partial charge in [-0.2, -0.15) is 0 Å². The Morgan fingerprint density at radius 2 is 1.90 bits per heavy atom. The highest BCUT2D eigenvalue weighted by molar-refractivity contribution is 7.91. The van der Waals surface area contributed by atoms with E-state index in [0.717, 1.165) is 24.2 Å². The number of sulfonamides is 1. The van der Waals surface area contributed by atoms with Crippen LogP contribution in [0.25, 0.3) is 0 Å². The average molecular weight is 348 g/mol. The van der Waals surface area contributed by atoms with E-state index < -0.39 is 10.0 Å². The van der Waals surface area contributed by atoms with Crippen LogP contribution in [0.5, 0.6) is 0 Å². The number of nitrogens with zero attached hydrogens (tertiary/aromatic N) is 2. The van der Waals surface area contributed by atoms with Crippen molar-refractivity contribution >= 4 is 38.9 Å². The number of hydrogen-bond acceptors (Lipinski definition) is 4. The Morgan fingerprint density at radius 1 is 1.19 bits per heavy atom. The summed E-state index contributed by atoms with van der Waals surface area (Å²) in [5, 5.41) is 8.26. The lowest BCUT2D eigenvalue weighted by Gasteiger charge is -2.32. The van der Waals surface area contributed by atoms with Gasteiger partial charge < -0.3 is 4.90 Å². The minimum atomic E-state index is -3.64. The molecular formula is C13H18ClN3O2S2. The van der Waals surface area contributed by atoms with Gasteiger partial charge in [-0.15, -0.1) is 11.3 Å². The van der Waals surface area contributed by atoms with Crippen LogP contribution >= 0.6 is 22.9 Å². The van der Waals surface area contributed by atoms with Crippen LogP contribution < -0.4 is 0 Å². The van der Waals surface area contributed by atoms with Gasteiger partial charge in [-0.1, -0.05) is 30.9 Å². The molecule has 0 amide bonds. The third-order valence-corrected chi connectivity index (χ3v) is 7.65. The number of guanidine groups is 1. The Kier molecular flexibility index (Phi) is 4.16. The van der Waals surface area contributed by atoms with Gasteiger partial charge in [0.1, 0.15) is 4.21 Å². The Labute approximate surface area is 134 Å². The number of halogens is 1. The first-order valence-electron chi connectivity index (χ1n) is 7.13. The molecule has 21 heavy (non-hydrogen) atoms. The number of thiophene rings is 1. The van der Waals surface area contributed by atoms with Crippen LogP contribution in [0.1, 0.15) is 32.1 Å². The fourth-order valence-corrected chi connectivity index (χ4v) is 6.07. The van der Waals surface area contributed by atoms with Gasteiger partial charge in [0.15, 0.2) is 0 Å².